The Bertz CT molecular complexity index is 405. The second-order valence-electron chi connectivity index (χ2n) is 5.23. The zero-order valence-electron chi connectivity index (χ0n) is 11.9. The second kappa shape index (κ2) is 5.65. The van der Waals surface area contributed by atoms with Crippen LogP contribution in [0.25, 0.3) is 0 Å². The van der Waals surface area contributed by atoms with Crippen LogP contribution in [-0.4, -0.2) is 35.6 Å². The van der Waals surface area contributed by atoms with Crippen LogP contribution < -0.4 is 10.2 Å². The van der Waals surface area contributed by atoms with Crippen LogP contribution in [0.3, 0.4) is 0 Å². The standard InChI is InChI=1S/C14H24N4/c1-10-11(2)17-14(9-16-10)18-8-6-5-7-13(18)12(3)15-4/h9,12-13,15H,5-8H2,1-4H3. The van der Waals surface area contributed by atoms with Crippen LogP contribution in [0.2, 0.25) is 0 Å². The highest BCUT2D eigenvalue weighted by Gasteiger charge is 2.27. The average molecular weight is 248 g/mol. The Morgan fingerprint density at radius 3 is 2.78 bits per heavy atom. The first-order chi connectivity index (χ1) is 8.63. The Kier molecular flexibility index (Phi) is 4.17. The number of hydrogen-bond donors (Lipinski definition) is 1. The van der Waals surface area contributed by atoms with Gasteiger partial charge in [0, 0.05) is 18.6 Å². The number of piperidine rings is 1. The van der Waals surface area contributed by atoms with Gasteiger partial charge in [0.25, 0.3) is 0 Å². The lowest BCUT2D eigenvalue weighted by atomic mass is 9.96. The molecule has 1 aliphatic rings. The van der Waals surface area contributed by atoms with Crippen molar-refractivity contribution in [3.05, 3.63) is 17.6 Å². The highest BCUT2D eigenvalue weighted by Crippen LogP contribution is 2.25. The molecular weight excluding hydrogens is 224 g/mol. The van der Waals surface area contributed by atoms with Gasteiger partial charge in [-0.1, -0.05) is 0 Å². The normalized spacial score (nSPS) is 22.0. The van der Waals surface area contributed by atoms with Gasteiger partial charge in [-0.05, 0) is 47.1 Å². The van der Waals surface area contributed by atoms with Gasteiger partial charge in [0.2, 0.25) is 0 Å². The highest BCUT2D eigenvalue weighted by atomic mass is 15.2. The average Bonchev–Trinajstić information content (AvgIpc) is 2.41. The molecule has 2 rings (SSSR count). The van der Waals surface area contributed by atoms with Crippen molar-refractivity contribution in [2.45, 2.75) is 52.1 Å². The van der Waals surface area contributed by atoms with Crippen LogP contribution in [0.1, 0.15) is 37.6 Å². The number of anilines is 1. The summed E-state index contributed by atoms with van der Waals surface area (Å²) in [7, 11) is 2.03. The largest absolute Gasteiger partial charge is 0.351 e. The molecule has 18 heavy (non-hydrogen) atoms. The van der Waals surface area contributed by atoms with Crippen molar-refractivity contribution in [3.63, 3.8) is 0 Å². The molecule has 0 saturated carbocycles. The Morgan fingerprint density at radius 1 is 1.33 bits per heavy atom. The van der Waals surface area contributed by atoms with E-state index in [-0.39, 0.29) is 0 Å². The molecule has 0 amide bonds. The first-order valence-corrected chi connectivity index (χ1v) is 6.87. The van der Waals surface area contributed by atoms with E-state index < -0.39 is 0 Å². The lowest BCUT2D eigenvalue weighted by Crippen LogP contribution is -2.50. The fraction of sp³-hybridized carbons (Fsp3) is 0.714. The van der Waals surface area contributed by atoms with E-state index in [0.717, 1.165) is 23.8 Å². The zero-order valence-corrected chi connectivity index (χ0v) is 11.9. The summed E-state index contributed by atoms with van der Waals surface area (Å²) in [6.07, 6.45) is 5.71. The molecule has 4 heteroatoms. The third-order valence-electron chi connectivity index (χ3n) is 4.06. The number of nitrogens with one attached hydrogen (secondary N) is 1. The van der Waals surface area contributed by atoms with Crippen LogP contribution >= 0.6 is 0 Å². The highest BCUT2D eigenvalue weighted by molar-refractivity contribution is 5.40. The van der Waals surface area contributed by atoms with Gasteiger partial charge in [-0.3, -0.25) is 4.98 Å². The molecule has 4 nitrogen and oxygen atoms in total. The van der Waals surface area contributed by atoms with Gasteiger partial charge in [0.05, 0.1) is 17.6 Å². The van der Waals surface area contributed by atoms with Crippen LogP contribution in [0.4, 0.5) is 5.82 Å². The van der Waals surface area contributed by atoms with Crippen molar-refractivity contribution in [3.8, 4) is 0 Å². The molecule has 0 aromatic carbocycles. The summed E-state index contributed by atoms with van der Waals surface area (Å²) >= 11 is 0. The predicted molar refractivity (Wildman–Crippen MR) is 75.0 cm³/mol. The topological polar surface area (TPSA) is 41.0 Å². The van der Waals surface area contributed by atoms with Gasteiger partial charge in [-0.2, -0.15) is 0 Å². The number of rotatable bonds is 3. The lowest BCUT2D eigenvalue weighted by Gasteiger charge is -2.40. The Hall–Kier alpha value is -1.16. The number of nitrogens with zero attached hydrogens (tertiary/aromatic N) is 3. The molecule has 1 saturated heterocycles. The summed E-state index contributed by atoms with van der Waals surface area (Å²) in [4.78, 5) is 11.6. The monoisotopic (exact) mass is 248 g/mol. The molecule has 2 heterocycles. The van der Waals surface area contributed by atoms with Crippen LogP contribution in [0, 0.1) is 13.8 Å². The summed E-state index contributed by atoms with van der Waals surface area (Å²) in [6.45, 7) is 7.38. The quantitative estimate of drug-likeness (QED) is 0.889. The van der Waals surface area contributed by atoms with Crippen LogP contribution in [-0.2, 0) is 0 Å². The SMILES string of the molecule is CNC(C)C1CCCCN1c1cnc(C)c(C)n1. The van der Waals surface area contributed by atoms with Crippen molar-refractivity contribution < 1.29 is 0 Å². The number of aromatic nitrogens is 2. The first kappa shape index (κ1) is 13.3. The molecule has 0 aliphatic carbocycles. The number of likely N-dealkylation sites (N-methyl/N-ethyl adjacent to an activating group) is 1. The second-order valence-corrected chi connectivity index (χ2v) is 5.23. The van der Waals surface area contributed by atoms with Gasteiger partial charge in [-0.15, -0.1) is 0 Å². The van der Waals surface area contributed by atoms with Gasteiger partial charge in [-0.25, -0.2) is 4.98 Å². The van der Waals surface area contributed by atoms with E-state index in [1.165, 1.54) is 19.3 Å². The molecule has 0 spiro atoms. The third-order valence-corrected chi connectivity index (χ3v) is 4.06. The molecule has 1 N–H and O–H groups in total. The molecule has 100 valence electrons. The van der Waals surface area contributed by atoms with Gasteiger partial charge in [0.15, 0.2) is 0 Å². The predicted octanol–water partition coefficient (Wildman–Crippen LogP) is 2.06. The summed E-state index contributed by atoms with van der Waals surface area (Å²) in [5, 5.41) is 3.37. The number of hydrogen-bond acceptors (Lipinski definition) is 4. The summed E-state index contributed by atoms with van der Waals surface area (Å²) in [5.41, 5.74) is 2.06. The summed E-state index contributed by atoms with van der Waals surface area (Å²) in [6, 6.07) is 1.01. The maximum absolute atomic E-state index is 4.70. The van der Waals surface area contributed by atoms with Gasteiger partial charge in [0.1, 0.15) is 5.82 Å². The summed E-state index contributed by atoms with van der Waals surface area (Å²) < 4.78 is 0. The Labute approximate surface area is 110 Å². The summed E-state index contributed by atoms with van der Waals surface area (Å²) in [5.74, 6) is 1.03. The minimum atomic E-state index is 0.480. The smallest absolute Gasteiger partial charge is 0.147 e. The molecule has 2 unspecified atom stereocenters. The van der Waals surface area contributed by atoms with E-state index in [9.17, 15) is 0 Å². The van der Waals surface area contributed by atoms with E-state index in [1.807, 2.05) is 27.1 Å². The van der Waals surface area contributed by atoms with Crippen molar-refractivity contribution in [1.29, 1.82) is 0 Å². The third kappa shape index (κ3) is 2.64. The molecule has 0 bridgehead atoms. The first-order valence-electron chi connectivity index (χ1n) is 6.87. The van der Waals surface area contributed by atoms with E-state index in [0.29, 0.717) is 12.1 Å². The van der Waals surface area contributed by atoms with Crippen molar-refractivity contribution in [2.24, 2.45) is 0 Å². The van der Waals surface area contributed by atoms with Crippen molar-refractivity contribution in [2.75, 3.05) is 18.5 Å². The van der Waals surface area contributed by atoms with E-state index in [1.54, 1.807) is 0 Å². The molecule has 1 aromatic rings. The molecule has 2 atom stereocenters. The maximum atomic E-state index is 4.70. The molecular formula is C14H24N4. The molecule has 1 fully saturated rings. The zero-order chi connectivity index (χ0) is 13.1. The fourth-order valence-corrected chi connectivity index (χ4v) is 2.62. The van der Waals surface area contributed by atoms with Gasteiger partial charge >= 0.3 is 0 Å². The van der Waals surface area contributed by atoms with E-state index in [2.05, 4.69) is 22.1 Å². The Balaban J connectivity index is 2.24. The van der Waals surface area contributed by atoms with E-state index >= 15 is 0 Å². The maximum Gasteiger partial charge on any atom is 0.147 e. The molecule has 1 aromatic heterocycles. The van der Waals surface area contributed by atoms with Crippen LogP contribution in [0.5, 0.6) is 0 Å². The van der Waals surface area contributed by atoms with E-state index in [4.69, 9.17) is 4.98 Å². The van der Waals surface area contributed by atoms with Gasteiger partial charge < -0.3 is 10.2 Å². The van der Waals surface area contributed by atoms with Crippen LogP contribution in [0.15, 0.2) is 6.20 Å². The minimum Gasteiger partial charge on any atom is -0.351 e. The fourth-order valence-electron chi connectivity index (χ4n) is 2.62. The Morgan fingerprint density at radius 2 is 2.11 bits per heavy atom. The minimum absolute atomic E-state index is 0.480. The van der Waals surface area contributed by atoms with Crippen molar-refractivity contribution in [1.82, 2.24) is 15.3 Å². The molecule has 0 radical (unpaired) electrons. The van der Waals surface area contributed by atoms with Crippen molar-refractivity contribution >= 4 is 5.82 Å². The lowest BCUT2D eigenvalue weighted by molar-refractivity contribution is 0.380. The molecule has 1 aliphatic heterocycles. The number of aryl methyl sites for hydroxylation is 2.